The van der Waals surface area contributed by atoms with Crippen molar-refractivity contribution in [1.82, 2.24) is 14.8 Å². The van der Waals surface area contributed by atoms with Crippen LogP contribution in [0, 0.1) is 12.8 Å². The number of aromatic nitrogens is 1. The summed E-state index contributed by atoms with van der Waals surface area (Å²) in [5, 5.41) is 20.5. The minimum Gasteiger partial charge on any atom is -0.508 e. The minimum absolute atomic E-state index is 0.00553. The third-order valence-electron chi connectivity index (χ3n) is 10.0. The van der Waals surface area contributed by atoms with Crippen LogP contribution in [0.4, 0.5) is 0 Å². The van der Waals surface area contributed by atoms with Crippen molar-refractivity contribution < 1.29 is 15.0 Å². The molecule has 3 saturated heterocycles. The van der Waals surface area contributed by atoms with Crippen molar-refractivity contribution in [3.63, 3.8) is 0 Å². The van der Waals surface area contributed by atoms with Crippen LogP contribution in [-0.2, 0) is 18.2 Å². The van der Waals surface area contributed by atoms with Crippen LogP contribution in [0.1, 0.15) is 84.6 Å². The van der Waals surface area contributed by atoms with Crippen molar-refractivity contribution in [2.45, 2.75) is 101 Å². The van der Waals surface area contributed by atoms with E-state index in [0.717, 1.165) is 60.7 Å². The van der Waals surface area contributed by atoms with E-state index in [9.17, 15) is 19.8 Å². The molecule has 2 bridgehead atoms. The number of phenols is 1. The van der Waals surface area contributed by atoms with Gasteiger partial charge in [0, 0.05) is 35.8 Å². The monoisotopic (exact) mass is 529 g/mol. The van der Waals surface area contributed by atoms with E-state index in [1.807, 2.05) is 12.1 Å². The van der Waals surface area contributed by atoms with Crippen LogP contribution < -0.4 is 5.56 Å². The number of benzene rings is 1. The molecule has 39 heavy (non-hydrogen) atoms. The van der Waals surface area contributed by atoms with Crippen molar-refractivity contribution in [3.8, 4) is 5.75 Å². The number of aryl methyl sites for hydroxylation is 1. The van der Waals surface area contributed by atoms with Gasteiger partial charge in [-0.15, -0.1) is 0 Å². The zero-order valence-electron chi connectivity index (χ0n) is 23.2. The fourth-order valence-electron chi connectivity index (χ4n) is 7.72. The number of fused-ring (bicyclic) bond motifs is 2. The summed E-state index contributed by atoms with van der Waals surface area (Å²) in [6, 6.07) is 7.69. The molecule has 2 radical (unpaired) electrons. The Bertz CT molecular complexity index is 1310. The summed E-state index contributed by atoms with van der Waals surface area (Å²) >= 11 is 0. The van der Waals surface area contributed by atoms with Crippen molar-refractivity contribution in [3.05, 3.63) is 62.6 Å². The molecule has 4 aliphatic rings. The second-order valence-corrected chi connectivity index (χ2v) is 12.8. The van der Waals surface area contributed by atoms with Gasteiger partial charge in [0.15, 0.2) is 0 Å². The molecule has 4 fully saturated rings. The summed E-state index contributed by atoms with van der Waals surface area (Å²) in [7, 11) is 6.23. The Balaban J connectivity index is 1.33. The van der Waals surface area contributed by atoms with Gasteiger partial charge in [-0.3, -0.25) is 9.59 Å². The summed E-state index contributed by atoms with van der Waals surface area (Å²) < 4.78 is 0. The van der Waals surface area contributed by atoms with E-state index >= 15 is 0 Å². The largest absolute Gasteiger partial charge is 0.508 e. The molecule has 1 aromatic heterocycles. The van der Waals surface area contributed by atoms with Crippen molar-refractivity contribution in [2.24, 2.45) is 5.92 Å². The van der Waals surface area contributed by atoms with Crippen LogP contribution >= 0.6 is 0 Å². The van der Waals surface area contributed by atoms with Gasteiger partial charge in [0.2, 0.25) is 0 Å². The van der Waals surface area contributed by atoms with Gasteiger partial charge in [-0.1, -0.05) is 12.4 Å². The van der Waals surface area contributed by atoms with E-state index in [1.165, 1.54) is 12.8 Å². The van der Waals surface area contributed by atoms with Crippen molar-refractivity contribution >= 4 is 13.8 Å². The molecule has 1 saturated carbocycles. The van der Waals surface area contributed by atoms with Gasteiger partial charge >= 0.3 is 0 Å². The highest BCUT2D eigenvalue weighted by molar-refractivity contribution is 6.08. The molecule has 1 amide bonds. The fourth-order valence-corrected chi connectivity index (χ4v) is 7.72. The van der Waals surface area contributed by atoms with Crippen molar-refractivity contribution in [2.75, 3.05) is 13.1 Å². The van der Waals surface area contributed by atoms with Gasteiger partial charge in [-0.25, -0.2) is 0 Å². The lowest BCUT2D eigenvalue weighted by molar-refractivity contribution is -0.0597. The number of amides is 1. The number of phenolic OH excluding ortho intramolecular Hbond substituents is 1. The molecule has 4 unspecified atom stereocenters. The summed E-state index contributed by atoms with van der Waals surface area (Å²) in [6.45, 7) is 6.50. The first kappa shape index (κ1) is 26.6. The highest BCUT2D eigenvalue weighted by Crippen LogP contribution is 2.45. The number of aromatic hydroxyl groups is 1. The van der Waals surface area contributed by atoms with E-state index in [1.54, 1.807) is 17.0 Å². The average molecular weight is 529 g/mol. The molecule has 7 nitrogen and oxygen atoms in total. The summed E-state index contributed by atoms with van der Waals surface area (Å²) in [5.41, 5.74) is 3.31. The SMILES string of the molecule is [B]Cc1cc(C(=O)N2C3CC(O)CC2C3)c(=O)[nH]c1CC1(c2cc(O)ccc2C)CCN(CC2CC2)C(C)C1. The van der Waals surface area contributed by atoms with Gasteiger partial charge < -0.3 is 25.0 Å². The maximum Gasteiger partial charge on any atom is 0.261 e. The number of piperidine rings is 2. The third-order valence-corrected chi connectivity index (χ3v) is 10.0. The summed E-state index contributed by atoms with van der Waals surface area (Å²) in [4.78, 5) is 34.3. The Labute approximate surface area is 232 Å². The first-order valence-corrected chi connectivity index (χ1v) is 14.7. The van der Waals surface area contributed by atoms with E-state index in [-0.39, 0.29) is 52.7 Å². The first-order chi connectivity index (χ1) is 18.7. The minimum atomic E-state index is -0.375. The van der Waals surface area contributed by atoms with Crippen LogP contribution in [0.15, 0.2) is 29.1 Å². The van der Waals surface area contributed by atoms with Gasteiger partial charge in [0.25, 0.3) is 11.5 Å². The highest BCUT2D eigenvalue weighted by atomic mass is 16.3. The molecule has 0 spiro atoms. The fraction of sp³-hybridized carbons (Fsp3) is 0.613. The molecule has 206 valence electrons. The zero-order chi connectivity index (χ0) is 27.5. The van der Waals surface area contributed by atoms with E-state index in [0.29, 0.717) is 25.3 Å². The predicted octanol–water partition coefficient (Wildman–Crippen LogP) is 3.17. The number of rotatable bonds is 7. The number of nitrogens with zero attached hydrogens (tertiary/aromatic N) is 2. The predicted molar refractivity (Wildman–Crippen MR) is 151 cm³/mol. The topological polar surface area (TPSA) is 96.9 Å². The molecule has 3 N–H and O–H groups in total. The summed E-state index contributed by atoms with van der Waals surface area (Å²) in [6.07, 6.45) is 6.96. The second-order valence-electron chi connectivity index (χ2n) is 12.8. The molecular weight excluding hydrogens is 489 g/mol. The van der Waals surface area contributed by atoms with Gasteiger partial charge in [-0.05, 0) is 113 Å². The zero-order valence-corrected chi connectivity index (χ0v) is 23.2. The standard InChI is InChI=1S/C31H40BN3O4/c1-18-3-6-24(36)13-27(18)31(7-8-34(19(2)14-31)17-20-4-5-20)15-28-21(16-32)9-26(29(38)33-28)30(39)35-22-10-23(35)12-25(37)11-22/h3,6,9,13,19-20,22-23,25,36-37H,4-5,7-8,10-12,14-17H2,1-2H3,(H,33,38). The summed E-state index contributed by atoms with van der Waals surface area (Å²) in [5.74, 6) is 0.815. The number of pyridine rings is 1. The van der Waals surface area contributed by atoms with E-state index < -0.39 is 0 Å². The van der Waals surface area contributed by atoms with Gasteiger partial charge in [-0.2, -0.15) is 0 Å². The Morgan fingerprint density at radius 2 is 1.92 bits per heavy atom. The number of H-pyrrole nitrogens is 1. The average Bonchev–Trinajstić information content (AvgIpc) is 3.71. The van der Waals surface area contributed by atoms with Crippen LogP contribution in [0.25, 0.3) is 0 Å². The smallest absolute Gasteiger partial charge is 0.261 e. The molecule has 8 heteroatoms. The van der Waals surface area contributed by atoms with Gasteiger partial charge in [0.05, 0.1) is 14.0 Å². The normalized spacial score (nSPS) is 30.7. The number of carbonyl (C=O) groups is 1. The quantitative estimate of drug-likeness (QED) is 0.479. The lowest BCUT2D eigenvalue weighted by Gasteiger charge is -2.54. The number of likely N-dealkylation sites (tertiary alicyclic amines) is 1. The number of aliphatic hydroxyl groups excluding tert-OH is 1. The molecule has 4 heterocycles. The molecular formula is C31H40BN3O4. The van der Waals surface area contributed by atoms with Crippen LogP contribution in [-0.4, -0.2) is 76.1 Å². The maximum atomic E-state index is 13.4. The molecule has 1 aliphatic carbocycles. The Kier molecular flexibility index (Phi) is 6.91. The third kappa shape index (κ3) is 4.95. The lowest BCUT2D eigenvalue weighted by Crippen LogP contribution is -2.64. The Hall–Kier alpha value is -2.58. The van der Waals surface area contributed by atoms with Crippen LogP contribution in [0.2, 0.25) is 0 Å². The lowest BCUT2D eigenvalue weighted by atomic mass is 9.66. The van der Waals surface area contributed by atoms with E-state index in [4.69, 9.17) is 7.85 Å². The number of hydrogen-bond donors (Lipinski definition) is 3. The Morgan fingerprint density at radius 3 is 2.59 bits per heavy atom. The Morgan fingerprint density at radius 1 is 1.18 bits per heavy atom. The van der Waals surface area contributed by atoms with Crippen molar-refractivity contribution in [1.29, 1.82) is 0 Å². The molecule has 6 rings (SSSR count). The number of aromatic amines is 1. The first-order valence-electron chi connectivity index (χ1n) is 14.7. The van der Waals surface area contributed by atoms with Crippen LogP contribution in [0.3, 0.4) is 0 Å². The molecule has 2 aromatic rings. The van der Waals surface area contributed by atoms with Crippen LogP contribution in [0.5, 0.6) is 5.75 Å². The molecule has 4 atom stereocenters. The molecule has 3 aliphatic heterocycles. The number of nitrogens with one attached hydrogen (secondary N) is 1. The number of hydrogen-bond acceptors (Lipinski definition) is 5. The number of aliphatic hydroxyl groups is 1. The second kappa shape index (κ2) is 10.1. The maximum absolute atomic E-state index is 13.4. The molecule has 1 aromatic carbocycles. The highest BCUT2D eigenvalue weighted by Gasteiger charge is 2.48. The van der Waals surface area contributed by atoms with Gasteiger partial charge in [0.1, 0.15) is 11.3 Å². The number of carbonyl (C=O) groups excluding carboxylic acids is 1. The van der Waals surface area contributed by atoms with E-state index in [2.05, 4.69) is 23.7 Å².